The predicted molar refractivity (Wildman–Crippen MR) is 282 cm³/mol. The van der Waals surface area contributed by atoms with E-state index < -0.39 is 101 Å². The maximum absolute atomic E-state index is 12.3. The maximum Gasteiger partial charge on any atom is 0.131 e. The highest BCUT2D eigenvalue weighted by Gasteiger charge is 2.20. The van der Waals surface area contributed by atoms with Crippen LogP contribution in [0.2, 0.25) is 0 Å². The van der Waals surface area contributed by atoms with Gasteiger partial charge in [0.1, 0.15) is 5.75 Å². The lowest BCUT2D eigenvalue weighted by molar-refractivity contribution is 0.479. The number of phenolic OH excluding ortho intramolecular Hbond substituents is 1. The smallest absolute Gasteiger partial charge is 0.131 e. The van der Waals surface area contributed by atoms with Crippen molar-refractivity contribution >= 4 is 49.6 Å². The van der Waals surface area contributed by atoms with Gasteiger partial charge >= 0.3 is 0 Å². The third-order valence-corrected chi connectivity index (χ3v) is 12.1. The van der Waals surface area contributed by atoms with Crippen molar-refractivity contribution in [3.05, 3.63) is 261 Å². The summed E-state index contributed by atoms with van der Waals surface area (Å²) in [4.78, 5) is 1.65. The van der Waals surface area contributed by atoms with Crippen molar-refractivity contribution in [1.29, 1.82) is 0 Å². The lowest BCUT2D eigenvalue weighted by Gasteiger charge is -2.27. The maximum atomic E-state index is 12.3. The zero-order chi connectivity index (χ0) is 56.0. The van der Waals surface area contributed by atoms with Crippen molar-refractivity contribution in [3.63, 3.8) is 0 Å². The lowest BCUT2D eigenvalue weighted by atomic mass is 9.95. The molecule has 0 aliphatic heterocycles. The molecule has 3 nitrogen and oxygen atoms in total. The lowest BCUT2D eigenvalue weighted by Crippen LogP contribution is -2.10. The number of hydrogen-bond donors (Lipinski definition) is 1. The van der Waals surface area contributed by atoms with E-state index in [1.54, 1.807) is 4.90 Å². The molecule has 0 spiro atoms. The Labute approximate surface area is 408 Å². The molecule has 0 aliphatic carbocycles. The molecule has 3 heteroatoms. The molecule has 0 fully saturated rings. The number of anilines is 3. The standard InChI is InChI=1S/C64H44N2O/c67-64-57(25-15-26-58(64)50-31-30-46-20-7-8-21-49(46)40-50)48-34-38-54(39-35-48)65(55-42-51(44-16-3-1-4-17-44)41-52(43-55)45-18-5-2-6-19-45)53-36-32-47(33-37-53)56-22-9-12-27-61(56)66-62-28-13-10-23-59(62)60-24-11-14-29-63(60)66/h1-43,67H/i7D,8D,15D,20D,21D,25D,26D,30D,31D,34D,35D,38D,39D. The van der Waals surface area contributed by atoms with Crippen molar-refractivity contribution in [3.8, 4) is 67.1 Å². The van der Waals surface area contributed by atoms with Crippen LogP contribution in [-0.2, 0) is 0 Å². The van der Waals surface area contributed by atoms with Crippen LogP contribution in [0.25, 0.3) is 93.9 Å². The van der Waals surface area contributed by atoms with Gasteiger partial charge < -0.3 is 14.6 Å². The Bertz CT molecular complexity index is 4390. The second kappa shape index (κ2) is 16.9. The molecular weight excluding hydrogens is 813 g/mol. The molecule has 0 amide bonds. The molecule has 11 aromatic carbocycles. The number of nitrogens with zero attached hydrogens (tertiary/aromatic N) is 2. The van der Waals surface area contributed by atoms with Gasteiger partial charge in [-0.25, -0.2) is 0 Å². The third kappa shape index (κ3) is 7.29. The number of rotatable bonds is 9. The Morgan fingerprint density at radius 1 is 0.343 bits per heavy atom. The van der Waals surface area contributed by atoms with E-state index in [4.69, 9.17) is 12.3 Å². The summed E-state index contributed by atoms with van der Waals surface area (Å²) in [5, 5.41) is 14.1. The van der Waals surface area contributed by atoms with Crippen molar-refractivity contribution in [2.75, 3.05) is 4.90 Å². The summed E-state index contributed by atoms with van der Waals surface area (Å²) in [7, 11) is 0. The summed E-state index contributed by atoms with van der Waals surface area (Å²) in [6.07, 6.45) is 0. The topological polar surface area (TPSA) is 28.4 Å². The van der Waals surface area contributed by atoms with Crippen molar-refractivity contribution in [1.82, 2.24) is 4.57 Å². The van der Waals surface area contributed by atoms with E-state index in [9.17, 15) is 10.6 Å². The summed E-state index contributed by atoms with van der Waals surface area (Å²) < 4.78 is 120. The zero-order valence-electron chi connectivity index (χ0n) is 48.7. The molecule has 0 radical (unpaired) electrons. The third-order valence-electron chi connectivity index (χ3n) is 12.1. The minimum absolute atomic E-state index is 0.184. The van der Waals surface area contributed by atoms with E-state index in [0.717, 1.165) is 66.9 Å². The number of benzene rings is 11. The van der Waals surface area contributed by atoms with Crippen LogP contribution in [0.4, 0.5) is 17.1 Å². The molecule has 0 saturated heterocycles. The van der Waals surface area contributed by atoms with Crippen LogP contribution in [0, 0.1) is 0 Å². The average Bonchev–Trinajstić information content (AvgIpc) is 3.48. The number of para-hydroxylation sites is 4. The fraction of sp³-hybridized carbons (Fsp3) is 0. The first-order chi connectivity index (χ1) is 38.6. The van der Waals surface area contributed by atoms with E-state index in [0.29, 0.717) is 11.4 Å². The van der Waals surface area contributed by atoms with Crippen molar-refractivity contribution in [2.24, 2.45) is 0 Å². The molecule has 0 atom stereocenters. The highest BCUT2D eigenvalue weighted by atomic mass is 16.3. The van der Waals surface area contributed by atoms with Gasteiger partial charge in [0, 0.05) is 44.5 Å². The summed E-state index contributed by atoms with van der Waals surface area (Å²) in [6.45, 7) is 0. The number of fused-ring (bicyclic) bond motifs is 4. The SMILES string of the molecule is [2H]c1c([2H])c(-c2cc3c([2H])c([2H])c([2H])c([2H])c3c([2H])c2[2H])c(O)c(-c2c([2H])c([2H])c(N(c3ccc(-c4ccccc4-n4c5ccccc5c5ccccc54)cc3)c3cc(-c4ccccc4)cc(-c4ccccc4)c3)c([2H])c2[2H])c1[2H]. The monoisotopic (exact) mass is 869 g/mol. The molecule has 1 aromatic heterocycles. The van der Waals surface area contributed by atoms with Gasteiger partial charge in [-0.2, -0.15) is 0 Å². The minimum Gasteiger partial charge on any atom is -0.507 e. The van der Waals surface area contributed by atoms with Crippen LogP contribution in [0.3, 0.4) is 0 Å². The predicted octanol–water partition coefficient (Wildman–Crippen LogP) is 17.4. The van der Waals surface area contributed by atoms with Crippen LogP contribution < -0.4 is 4.90 Å². The van der Waals surface area contributed by atoms with Crippen LogP contribution in [-0.4, -0.2) is 9.67 Å². The molecule has 0 bridgehead atoms. The van der Waals surface area contributed by atoms with E-state index in [2.05, 4.69) is 41.0 Å². The molecule has 12 rings (SSSR count). The van der Waals surface area contributed by atoms with Crippen LogP contribution in [0.5, 0.6) is 5.75 Å². The molecule has 0 unspecified atom stereocenters. The molecule has 0 aliphatic rings. The average molecular weight is 870 g/mol. The molecule has 1 N–H and O–H groups in total. The molecule has 12 aromatic rings. The van der Waals surface area contributed by atoms with Crippen LogP contribution >= 0.6 is 0 Å². The Morgan fingerprint density at radius 3 is 1.55 bits per heavy atom. The van der Waals surface area contributed by atoms with Gasteiger partial charge in [0.15, 0.2) is 0 Å². The van der Waals surface area contributed by atoms with E-state index in [1.165, 1.54) is 0 Å². The fourth-order valence-electron chi connectivity index (χ4n) is 8.92. The highest BCUT2D eigenvalue weighted by molar-refractivity contribution is 6.09. The Kier molecular flexibility index (Phi) is 7.08. The molecule has 0 saturated carbocycles. The number of phenols is 1. The summed E-state index contributed by atoms with van der Waals surface area (Å²) >= 11 is 0. The summed E-state index contributed by atoms with van der Waals surface area (Å²) in [6, 6.07) is 50.1. The molecule has 316 valence electrons. The van der Waals surface area contributed by atoms with E-state index in [1.807, 2.05) is 140 Å². The Morgan fingerprint density at radius 2 is 0.896 bits per heavy atom. The first-order valence-electron chi connectivity index (χ1n) is 28.2. The van der Waals surface area contributed by atoms with Crippen LogP contribution in [0.1, 0.15) is 17.8 Å². The Hall–Kier alpha value is -8.92. The summed E-state index contributed by atoms with van der Waals surface area (Å²) in [5.41, 5.74) is 6.71. The second-order valence-electron chi connectivity index (χ2n) is 16.1. The molecular formula is C64H44N2O. The van der Waals surface area contributed by atoms with Gasteiger partial charge in [-0.1, -0.05) is 194 Å². The van der Waals surface area contributed by atoms with E-state index >= 15 is 0 Å². The largest absolute Gasteiger partial charge is 0.507 e. The quantitative estimate of drug-likeness (QED) is 0.157. The fourth-order valence-corrected chi connectivity index (χ4v) is 8.92. The Balaban J connectivity index is 1.08. The van der Waals surface area contributed by atoms with Gasteiger partial charge in [-0.3, -0.25) is 0 Å². The van der Waals surface area contributed by atoms with Gasteiger partial charge in [0.05, 0.1) is 34.5 Å². The number of hydrogen-bond acceptors (Lipinski definition) is 2. The first kappa shape index (κ1) is 28.1. The molecule has 1 heterocycles. The minimum atomic E-state index is -0.950. The normalized spacial score (nSPS) is 14.1. The van der Waals surface area contributed by atoms with Gasteiger partial charge in [0.2, 0.25) is 0 Å². The van der Waals surface area contributed by atoms with Gasteiger partial charge in [-0.05, 0) is 116 Å². The highest BCUT2D eigenvalue weighted by Crippen LogP contribution is 2.44. The summed E-state index contributed by atoms with van der Waals surface area (Å²) in [5.74, 6) is -0.950. The van der Waals surface area contributed by atoms with E-state index in [-0.39, 0.29) is 22.0 Å². The number of aromatic nitrogens is 1. The van der Waals surface area contributed by atoms with Crippen molar-refractivity contribution < 1.29 is 22.9 Å². The van der Waals surface area contributed by atoms with Crippen LogP contribution in [0.15, 0.2) is 261 Å². The number of aromatic hydroxyl groups is 1. The van der Waals surface area contributed by atoms with Gasteiger partial charge in [-0.15, -0.1) is 0 Å². The van der Waals surface area contributed by atoms with Crippen molar-refractivity contribution in [2.45, 2.75) is 0 Å². The zero-order valence-corrected chi connectivity index (χ0v) is 35.7. The second-order valence-corrected chi connectivity index (χ2v) is 16.1. The van der Waals surface area contributed by atoms with Gasteiger partial charge in [0.25, 0.3) is 0 Å². The molecule has 67 heavy (non-hydrogen) atoms. The first-order valence-corrected chi connectivity index (χ1v) is 21.7.